The average Bonchev–Trinajstić information content (AvgIpc) is 2.81. The van der Waals surface area contributed by atoms with E-state index >= 15 is 0 Å². The molecule has 0 atom stereocenters. The van der Waals surface area contributed by atoms with E-state index in [1.165, 1.54) is 27.6 Å². The molecule has 0 bridgehead atoms. The van der Waals surface area contributed by atoms with Crippen LogP contribution in [-0.2, 0) is 6.42 Å². The lowest BCUT2D eigenvalue weighted by atomic mass is 10.0. The molecular formula is C17H17NO. The third-order valence-electron chi connectivity index (χ3n) is 3.45. The second-order valence-corrected chi connectivity index (χ2v) is 4.89. The van der Waals surface area contributed by atoms with Gasteiger partial charge in [0.1, 0.15) is 5.75 Å². The quantitative estimate of drug-likeness (QED) is 0.745. The van der Waals surface area contributed by atoms with E-state index in [4.69, 9.17) is 4.74 Å². The number of aromatic nitrogens is 1. The Morgan fingerprint density at radius 1 is 1.11 bits per heavy atom. The summed E-state index contributed by atoms with van der Waals surface area (Å²) < 4.78 is 5.27. The van der Waals surface area contributed by atoms with Gasteiger partial charge in [-0.05, 0) is 48.2 Å². The first-order valence-electron chi connectivity index (χ1n) is 6.46. The van der Waals surface area contributed by atoms with Crippen LogP contribution in [0, 0.1) is 6.92 Å². The number of H-pyrrole nitrogens is 1. The minimum Gasteiger partial charge on any atom is -0.497 e. The molecule has 2 nitrogen and oxygen atoms in total. The van der Waals surface area contributed by atoms with Gasteiger partial charge in [-0.2, -0.15) is 0 Å². The summed E-state index contributed by atoms with van der Waals surface area (Å²) in [7, 11) is 1.70. The van der Waals surface area contributed by atoms with Gasteiger partial charge >= 0.3 is 0 Å². The van der Waals surface area contributed by atoms with Gasteiger partial charge in [0.15, 0.2) is 0 Å². The number of ether oxygens (including phenoxy) is 1. The van der Waals surface area contributed by atoms with Crippen LogP contribution in [0.2, 0.25) is 0 Å². The highest BCUT2D eigenvalue weighted by Gasteiger charge is 2.05. The Kier molecular flexibility index (Phi) is 3.00. The number of hydrogen-bond acceptors (Lipinski definition) is 1. The van der Waals surface area contributed by atoms with E-state index in [9.17, 15) is 0 Å². The van der Waals surface area contributed by atoms with E-state index < -0.39 is 0 Å². The number of aryl methyl sites for hydroxylation is 1. The minimum atomic E-state index is 0.910. The number of hydrogen-bond donors (Lipinski definition) is 1. The zero-order chi connectivity index (χ0) is 13.2. The standard InChI is InChI=1S/C17H17NO/c1-12-6-7-16-14(11-18-17(16)8-12)9-13-4-3-5-15(10-13)19-2/h3-8,10-11,18H,9H2,1-2H3. The van der Waals surface area contributed by atoms with Gasteiger partial charge in [0.2, 0.25) is 0 Å². The maximum atomic E-state index is 5.27. The SMILES string of the molecule is COc1cccc(Cc2c[nH]c3cc(C)ccc23)c1. The lowest BCUT2D eigenvalue weighted by Gasteiger charge is -2.04. The molecular weight excluding hydrogens is 234 g/mol. The van der Waals surface area contributed by atoms with Gasteiger partial charge in [-0.25, -0.2) is 0 Å². The summed E-state index contributed by atoms with van der Waals surface area (Å²) >= 11 is 0. The maximum absolute atomic E-state index is 5.27. The van der Waals surface area contributed by atoms with E-state index in [-0.39, 0.29) is 0 Å². The molecule has 19 heavy (non-hydrogen) atoms. The number of methoxy groups -OCH3 is 1. The summed E-state index contributed by atoms with van der Waals surface area (Å²) in [6.45, 7) is 2.11. The van der Waals surface area contributed by atoms with Crippen LogP contribution >= 0.6 is 0 Å². The molecule has 3 rings (SSSR count). The molecule has 1 aromatic heterocycles. The predicted molar refractivity (Wildman–Crippen MR) is 78.8 cm³/mol. The molecule has 0 aliphatic rings. The summed E-state index contributed by atoms with van der Waals surface area (Å²) in [6.07, 6.45) is 3.02. The normalized spacial score (nSPS) is 10.8. The van der Waals surface area contributed by atoms with E-state index in [1.807, 2.05) is 12.1 Å². The van der Waals surface area contributed by atoms with Crippen molar-refractivity contribution in [2.45, 2.75) is 13.3 Å². The lowest BCUT2D eigenvalue weighted by molar-refractivity contribution is 0.414. The largest absolute Gasteiger partial charge is 0.497 e. The Morgan fingerprint density at radius 2 is 2.00 bits per heavy atom. The van der Waals surface area contributed by atoms with Crippen LogP contribution in [-0.4, -0.2) is 12.1 Å². The molecule has 0 spiro atoms. The Balaban J connectivity index is 1.96. The monoisotopic (exact) mass is 251 g/mol. The number of aromatic amines is 1. The van der Waals surface area contributed by atoms with E-state index in [0.29, 0.717) is 0 Å². The van der Waals surface area contributed by atoms with Crippen molar-refractivity contribution in [3.8, 4) is 5.75 Å². The second-order valence-electron chi connectivity index (χ2n) is 4.89. The minimum absolute atomic E-state index is 0.910. The molecule has 0 unspecified atom stereocenters. The van der Waals surface area contributed by atoms with Crippen molar-refractivity contribution >= 4 is 10.9 Å². The van der Waals surface area contributed by atoms with Crippen LogP contribution in [0.3, 0.4) is 0 Å². The molecule has 2 heteroatoms. The van der Waals surface area contributed by atoms with Crippen LogP contribution in [0.25, 0.3) is 10.9 Å². The van der Waals surface area contributed by atoms with Crippen LogP contribution in [0.1, 0.15) is 16.7 Å². The van der Waals surface area contributed by atoms with Crippen molar-refractivity contribution in [3.05, 3.63) is 65.4 Å². The third-order valence-corrected chi connectivity index (χ3v) is 3.45. The number of fused-ring (bicyclic) bond motifs is 1. The summed E-state index contributed by atoms with van der Waals surface area (Å²) in [6, 6.07) is 14.8. The summed E-state index contributed by atoms with van der Waals surface area (Å²) in [5.74, 6) is 0.910. The van der Waals surface area contributed by atoms with Gasteiger partial charge in [0.05, 0.1) is 7.11 Å². The van der Waals surface area contributed by atoms with Gasteiger partial charge in [0.25, 0.3) is 0 Å². The Bertz CT molecular complexity index is 712. The van der Waals surface area contributed by atoms with E-state index in [0.717, 1.165) is 12.2 Å². The molecule has 96 valence electrons. The zero-order valence-electron chi connectivity index (χ0n) is 11.2. The molecule has 1 N–H and O–H groups in total. The molecule has 1 heterocycles. The second kappa shape index (κ2) is 4.81. The molecule has 0 amide bonds. The van der Waals surface area contributed by atoms with Crippen molar-refractivity contribution < 1.29 is 4.74 Å². The highest BCUT2D eigenvalue weighted by atomic mass is 16.5. The highest BCUT2D eigenvalue weighted by molar-refractivity contribution is 5.84. The topological polar surface area (TPSA) is 25.0 Å². The van der Waals surface area contributed by atoms with Crippen molar-refractivity contribution in [2.24, 2.45) is 0 Å². The van der Waals surface area contributed by atoms with Gasteiger partial charge in [-0.1, -0.05) is 24.3 Å². The predicted octanol–water partition coefficient (Wildman–Crippen LogP) is 4.08. The molecule has 0 saturated heterocycles. The fraction of sp³-hybridized carbons (Fsp3) is 0.176. The Labute approximate surface area is 113 Å². The smallest absolute Gasteiger partial charge is 0.119 e. The maximum Gasteiger partial charge on any atom is 0.119 e. The number of rotatable bonds is 3. The number of benzene rings is 2. The van der Waals surface area contributed by atoms with Crippen molar-refractivity contribution in [3.63, 3.8) is 0 Å². The molecule has 0 saturated carbocycles. The Morgan fingerprint density at radius 3 is 2.84 bits per heavy atom. The van der Waals surface area contributed by atoms with Crippen molar-refractivity contribution in [2.75, 3.05) is 7.11 Å². The molecule has 2 aromatic carbocycles. The summed E-state index contributed by atoms with van der Waals surface area (Å²) in [4.78, 5) is 3.35. The zero-order valence-corrected chi connectivity index (χ0v) is 11.2. The highest BCUT2D eigenvalue weighted by Crippen LogP contribution is 2.23. The molecule has 0 radical (unpaired) electrons. The fourth-order valence-electron chi connectivity index (χ4n) is 2.45. The first-order chi connectivity index (χ1) is 9.26. The lowest BCUT2D eigenvalue weighted by Crippen LogP contribution is -1.89. The molecule has 3 aromatic rings. The molecule has 0 fully saturated rings. The van der Waals surface area contributed by atoms with Crippen molar-refractivity contribution in [1.82, 2.24) is 4.98 Å². The Hall–Kier alpha value is -2.22. The van der Waals surface area contributed by atoms with Gasteiger partial charge in [0, 0.05) is 17.1 Å². The number of nitrogens with one attached hydrogen (secondary N) is 1. The van der Waals surface area contributed by atoms with Crippen molar-refractivity contribution in [1.29, 1.82) is 0 Å². The van der Waals surface area contributed by atoms with Crippen LogP contribution in [0.5, 0.6) is 5.75 Å². The van der Waals surface area contributed by atoms with E-state index in [1.54, 1.807) is 7.11 Å². The first-order valence-corrected chi connectivity index (χ1v) is 6.46. The summed E-state index contributed by atoms with van der Waals surface area (Å²) in [5.41, 5.74) is 5.07. The fourth-order valence-corrected chi connectivity index (χ4v) is 2.45. The molecule has 0 aliphatic heterocycles. The van der Waals surface area contributed by atoms with Gasteiger partial charge in [-0.15, -0.1) is 0 Å². The average molecular weight is 251 g/mol. The van der Waals surface area contributed by atoms with Crippen LogP contribution in [0.4, 0.5) is 0 Å². The van der Waals surface area contributed by atoms with Gasteiger partial charge in [-0.3, -0.25) is 0 Å². The first kappa shape index (κ1) is 11.8. The van der Waals surface area contributed by atoms with Crippen LogP contribution in [0.15, 0.2) is 48.7 Å². The third kappa shape index (κ3) is 2.34. The summed E-state index contributed by atoms with van der Waals surface area (Å²) in [5, 5.41) is 1.30. The molecule has 0 aliphatic carbocycles. The van der Waals surface area contributed by atoms with Gasteiger partial charge < -0.3 is 9.72 Å². The van der Waals surface area contributed by atoms with Crippen LogP contribution < -0.4 is 4.74 Å². The van der Waals surface area contributed by atoms with E-state index in [2.05, 4.69) is 48.4 Å².